The normalized spacial score (nSPS) is 31.1. The predicted octanol–water partition coefficient (Wildman–Crippen LogP) is 0.845. The van der Waals surface area contributed by atoms with Gasteiger partial charge >= 0.3 is 11.9 Å². The minimum Gasteiger partial charge on any atom is -0.497 e. The van der Waals surface area contributed by atoms with Crippen LogP contribution in [0.4, 0.5) is 0 Å². The minimum atomic E-state index is -0.998. The maximum atomic E-state index is 12.3. The summed E-state index contributed by atoms with van der Waals surface area (Å²) >= 11 is 0. The molecule has 0 heterocycles. The van der Waals surface area contributed by atoms with E-state index in [0.29, 0.717) is 11.3 Å². The van der Waals surface area contributed by atoms with Gasteiger partial charge in [-0.15, -0.1) is 0 Å². The standard InChI is InChI=1S/C16H17NO6/c1-23-8-4-2-3-7(5-8)14(18)17-10-6-9(15(19)20)11-12(10)13(11)16(21)22/h2-5,9-13H,6H2,1H3,(H,17,18)(H,19,20)(H,21,22). The zero-order valence-corrected chi connectivity index (χ0v) is 12.4. The van der Waals surface area contributed by atoms with Crippen LogP contribution in [0.1, 0.15) is 16.8 Å². The molecular weight excluding hydrogens is 302 g/mol. The van der Waals surface area contributed by atoms with Crippen LogP contribution in [0.5, 0.6) is 5.75 Å². The smallest absolute Gasteiger partial charge is 0.307 e. The number of carbonyl (C=O) groups excluding carboxylic acids is 1. The maximum absolute atomic E-state index is 12.3. The number of amides is 1. The summed E-state index contributed by atoms with van der Waals surface area (Å²) in [5.41, 5.74) is 0.396. The summed E-state index contributed by atoms with van der Waals surface area (Å²) in [6, 6.07) is 6.17. The van der Waals surface area contributed by atoms with Gasteiger partial charge < -0.3 is 20.3 Å². The van der Waals surface area contributed by atoms with E-state index in [1.54, 1.807) is 24.3 Å². The highest BCUT2D eigenvalue weighted by molar-refractivity contribution is 5.95. The van der Waals surface area contributed by atoms with Crippen LogP contribution < -0.4 is 10.1 Å². The SMILES string of the molecule is COc1cccc(C(=O)NC2CC(C(=O)O)C3C(C(=O)O)C23)c1. The van der Waals surface area contributed by atoms with E-state index in [-0.39, 0.29) is 24.2 Å². The van der Waals surface area contributed by atoms with E-state index in [0.717, 1.165) is 0 Å². The summed E-state index contributed by atoms with van der Waals surface area (Å²) in [5.74, 6) is -3.88. The second-order valence-electron chi connectivity index (χ2n) is 6.01. The number of aliphatic carboxylic acids is 2. The van der Waals surface area contributed by atoms with Crippen molar-refractivity contribution in [2.75, 3.05) is 7.11 Å². The van der Waals surface area contributed by atoms with E-state index in [9.17, 15) is 24.6 Å². The van der Waals surface area contributed by atoms with E-state index in [1.807, 2.05) is 0 Å². The lowest BCUT2D eigenvalue weighted by Gasteiger charge is -2.18. The van der Waals surface area contributed by atoms with Gasteiger partial charge in [0.15, 0.2) is 0 Å². The first-order valence-electron chi connectivity index (χ1n) is 7.34. The first-order chi connectivity index (χ1) is 10.9. The number of hydrogen-bond acceptors (Lipinski definition) is 4. The van der Waals surface area contributed by atoms with Crippen molar-refractivity contribution in [1.29, 1.82) is 0 Å². The molecule has 23 heavy (non-hydrogen) atoms. The van der Waals surface area contributed by atoms with Crippen LogP contribution in [-0.2, 0) is 9.59 Å². The number of methoxy groups -OCH3 is 1. The van der Waals surface area contributed by atoms with Crippen molar-refractivity contribution in [3.05, 3.63) is 29.8 Å². The molecule has 0 saturated heterocycles. The van der Waals surface area contributed by atoms with E-state index in [4.69, 9.17) is 4.74 Å². The number of nitrogens with one attached hydrogen (secondary N) is 1. The highest BCUT2D eigenvalue weighted by Crippen LogP contribution is 2.60. The van der Waals surface area contributed by atoms with Crippen LogP contribution in [0.2, 0.25) is 0 Å². The zero-order chi connectivity index (χ0) is 16.7. The molecular formula is C16H17NO6. The summed E-state index contributed by atoms with van der Waals surface area (Å²) < 4.78 is 5.07. The Labute approximate surface area is 132 Å². The first-order valence-corrected chi connectivity index (χ1v) is 7.34. The molecule has 0 radical (unpaired) electrons. The lowest BCUT2D eigenvalue weighted by atomic mass is 9.97. The van der Waals surface area contributed by atoms with Gasteiger partial charge in [0.1, 0.15) is 5.75 Å². The number of rotatable bonds is 5. The number of carbonyl (C=O) groups is 3. The minimum absolute atomic E-state index is 0.268. The van der Waals surface area contributed by atoms with Crippen LogP contribution in [-0.4, -0.2) is 41.2 Å². The average Bonchev–Trinajstić information content (AvgIpc) is 3.16. The summed E-state index contributed by atoms with van der Waals surface area (Å²) in [7, 11) is 1.50. The molecule has 122 valence electrons. The van der Waals surface area contributed by atoms with Crippen molar-refractivity contribution in [1.82, 2.24) is 5.32 Å². The molecule has 2 fully saturated rings. The maximum Gasteiger partial charge on any atom is 0.307 e. The highest BCUT2D eigenvalue weighted by Gasteiger charge is 2.68. The number of carboxylic acids is 2. The molecule has 5 atom stereocenters. The Kier molecular flexibility index (Phi) is 3.71. The fourth-order valence-electron chi connectivity index (χ4n) is 3.75. The van der Waals surface area contributed by atoms with Gasteiger partial charge in [-0.05, 0) is 36.5 Å². The van der Waals surface area contributed by atoms with Crippen molar-refractivity contribution in [3.8, 4) is 5.75 Å². The second kappa shape index (κ2) is 5.57. The number of fused-ring (bicyclic) bond motifs is 1. The van der Waals surface area contributed by atoms with E-state index in [2.05, 4.69) is 5.32 Å². The summed E-state index contributed by atoms with van der Waals surface area (Å²) in [4.78, 5) is 34.8. The van der Waals surface area contributed by atoms with Gasteiger partial charge in [0.2, 0.25) is 0 Å². The molecule has 5 unspecified atom stereocenters. The Balaban J connectivity index is 1.73. The average molecular weight is 319 g/mol. The van der Waals surface area contributed by atoms with Crippen LogP contribution >= 0.6 is 0 Å². The fourth-order valence-corrected chi connectivity index (χ4v) is 3.75. The Morgan fingerprint density at radius 1 is 1.17 bits per heavy atom. The number of benzene rings is 1. The van der Waals surface area contributed by atoms with E-state index < -0.39 is 29.8 Å². The highest BCUT2D eigenvalue weighted by atomic mass is 16.5. The lowest BCUT2D eigenvalue weighted by molar-refractivity contribution is -0.143. The summed E-state index contributed by atoms with van der Waals surface area (Å²) in [6.07, 6.45) is 0.268. The second-order valence-corrected chi connectivity index (χ2v) is 6.01. The molecule has 1 aromatic rings. The molecule has 3 N–H and O–H groups in total. The molecule has 1 amide bonds. The molecule has 7 nitrogen and oxygen atoms in total. The Hall–Kier alpha value is -2.57. The van der Waals surface area contributed by atoms with E-state index >= 15 is 0 Å². The fraction of sp³-hybridized carbons (Fsp3) is 0.438. The van der Waals surface area contributed by atoms with Gasteiger partial charge in [-0.3, -0.25) is 14.4 Å². The van der Waals surface area contributed by atoms with Gasteiger partial charge in [0, 0.05) is 11.6 Å². The molecule has 0 aromatic heterocycles. The van der Waals surface area contributed by atoms with Crippen LogP contribution in [0.3, 0.4) is 0 Å². The monoisotopic (exact) mass is 319 g/mol. The van der Waals surface area contributed by atoms with Crippen molar-refractivity contribution in [2.24, 2.45) is 23.7 Å². The number of ether oxygens (including phenoxy) is 1. The molecule has 0 spiro atoms. The third-order valence-corrected chi connectivity index (χ3v) is 4.82. The van der Waals surface area contributed by atoms with Gasteiger partial charge in [-0.1, -0.05) is 6.07 Å². The van der Waals surface area contributed by atoms with Gasteiger partial charge in [0.05, 0.1) is 18.9 Å². The van der Waals surface area contributed by atoms with Gasteiger partial charge in [-0.2, -0.15) is 0 Å². The van der Waals surface area contributed by atoms with Gasteiger partial charge in [-0.25, -0.2) is 0 Å². The largest absolute Gasteiger partial charge is 0.497 e. The zero-order valence-electron chi connectivity index (χ0n) is 12.4. The number of hydrogen-bond donors (Lipinski definition) is 3. The predicted molar refractivity (Wildman–Crippen MR) is 78.1 cm³/mol. The summed E-state index contributed by atoms with van der Waals surface area (Å²) in [6.45, 7) is 0. The molecule has 7 heteroatoms. The number of carboxylic acid groups (broad SMARTS) is 2. The molecule has 2 aliphatic carbocycles. The molecule has 2 saturated carbocycles. The topological polar surface area (TPSA) is 113 Å². The van der Waals surface area contributed by atoms with Crippen LogP contribution in [0, 0.1) is 23.7 Å². The molecule has 0 aliphatic heterocycles. The molecule has 3 rings (SSSR count). The Morgan fingerprint density at radius 2 is 1.91 bits per heavy atom. The van der Waals surface area contributed by atoms with Gasteiger partial charge in [0.25, 0.3) is 5.91 Å². The third kappa shape index (κ3) is 2.62. The summed E-state index contributed by atoms with van der Waals surface area (Å²) in [5, 5.41) is 21.2. The third-order valence-electron chi connectivity index (χ3n) is 4.82. The van der Waals surface area contributed by atoms with Crippen LogP contribution in [0.15, 0.2) is 24.3 Å². The van der Waals surface area contributed by atoms with Crippen molar-refractivity contribution in [3.63, 3.8) is 0 Å². The van der Waals surface area contributed by atoms with Crippen molar-refractivity contribution >= 4 is 17.8 Å². The Bertz CT molecular complexity index is 672. The van der Waals surface area contributed by atoms with Crippen LogP contribution in [0.25, 0.3) is 0 Å². The quantitative estimate of drug-likeness (QED) is 0.741. The molecule has 1 aromatic carbocycles. The lowest BCUT2D eigenvalue weighted by Crippen LogP contribution is -2.37. The van der Waals surface area contributed by atoms with Crippen molar-refractivity contribution in [2.45, 2.75) is 12.5 Å². The van der Waals surface area contributed by atoms with E-state index in [1.165, 1.54) is 7.11 Å². The van der Waals surface area contributed by atoms with Crippen molar-refractivity contribution < 1.29 is 29.3 Å². The molecule has 0 bridgehead atoms. The Morgan fingerprint density at radius 3 is 2.52 bits per heavy atom. The molecule has 2 aliphatic rings. The first kappa shape index (κ1) is 15.3.